The van der Waals surface area contributed by atoms with Crippen molar-refractivity contribution in [1.82, 2.24) is 10.3 Å². The maximum Gasteiger partial charge on any atom is 0.342 e. The number of hydrogen-bond donors (Lipinski definition) is 2. The van der Waals surface area contributed by atoms with Gasteiger partial charge in [-0.15, -0.1) is 0 Å². The van der Waals surface area contributed by atoms with Gasteiger partial charge in [-0.25, -0.2) is 9.59 Å². The molecular weight excluding hydrogens is 430 g/mol. The molecular formula is C23H19N3O7. The van der Waals surface area contributed by atoms with Gasteiger partial charge in [0.1, 0.15) is 30.3 Å². The van der Waals surface area contributed by atoms with Crippen LogP contribution < -0.4 is 24.8 Å². The van der Waals surface area contributed by atoms with E-state index in [0.29, 0.717) is 36.1 Å². The first-order valence-electron chi connectivity index (χ1n) is 9.93. The van der Waals surface area contributed by atoms with Crippen LogP contribution in [0.1, 0.15) is 10.4 Å². The van der Waals surface area contributed by atoms with Crippen LogP contribution in [-0.2, 0) is 9.53 Å². The molecule has 1 aliphatic heterocycles. The summed E-state index contributed by atoms with van der Waals surface area (Å²) in [5, 5.41) is 4.60. The van der Waals surface area contributed by atoms with Crippen LogP contribution >= 0.6 is 0 Å². The van der Waals surface area contributed by atoms with Crippen molar-refractivity contribution in [2.24, 2.45) is 0 Å². The average molecular weight is 449 g/mol. The summed E-state index contributed by atoms with van der Waals surface area (Å²) in [6.07, 6.45) is 3.09. The normalized spacial score (nSPS) is 11.8. The minimum Gasteiger partial charge on any atom is -0.486 e. The summed E-state index contributed by atoms with van der Waals surface area (Å²) in [5.41, 5.74) is 0.526. The molecule has 0 saturated carbocycles. The Labute approximate surface area is 188 Å². The van der Waals surface area contributed by atoms with Gasteiger partial charge in [0.25, 0.3) is 5.91 Å². The predicted octanol–water partition coefficient (Wildman–Crippen LogP) is 3.15. The summed E-state index contributed by atoms with van der Waals surface area (Å²) in [7, 11) is 0. The smallest absolute Gasteiger partial charge is 0.342 e. The van der Waals surface area contributed by atoms with E-state index in [0.717, 1.165) is 0 Å². The summed E-state index contributed by atoms with van der Waals surface area (Å²) >= 11 is 0. The molecule has 33 heavy (non-hydrogen) atoms. The number of amides is 3. The van der Waals surface area contributed by atoms with E-state index in [4.69, 9.17) is 18.9 Å². The van der Waals surface area contributed by atoms with Gasteiger partial charge in [-0.2, -0.15) is 0 Å². The van der Waals surface area contributed by atoms with Crippen molar-refractivity contribution in [3.8, 4) is 23.0 Å². The van der Waals surface area contributed by atoms with Crippen LogP contribution in [0.3, 0.4) is 0 Å². The Morgan fingerprint density at radius 1 is 0.970 bits per heavy atom. The Bertz CT molecular complexity index is 1170. The second-order valence-electron chi connectivity index (χ2n) is 6.72. The molecule has 10 nitrogen and oxygen atoms in total. The molecule has 0 unspecified atom stereocenters. The molecule has 3 aromatic rings. The number of imide groups is 1. The zero-order valence-corrected chi connectivity index (χ0v) is 17.3. The van der Waals surface area contributed by atoms with Crippen LogP contribution in [0, 0.1) is 0 Å². The van der Waals surface area contributed by atoms with Crippen molar-refractivity contribution in [3.63, 3.8) is 0 Å². The van der Waals surface area contributed by atoms with Gasteiger partial charge < -0.3 is 24.3 Å². The maximum absolute atomic E-state index is 12.4. The number of esters is 1. The molecule has 0 aliphatic carbocycles. The van der Waals surface area contributed by atoms with Gasteiger partial charge in [-0.1, -0.05) is 12.1 Å². The van der Waals surface area contributed by atoms with Crippen molar-refractivity contribution in [1.29, 1.82) is 0 Å². The van der Waals surface area contributed by atoms with E-state index in [2.05, 4.69) is 15.6 Å². The molecule has 0 radical (unpaired) electrons. The quantitative estimate of drug-likeness (QED) is 0.550. The Balaban J connectivity index is 1.29. The van der Waals surface area contributed by atoms with Crippen molar-refractivity contribution in [2.45, 2.75) is 0 Å². The van der Waals surface area contributed by atoms with Gasteiger partial charge in [0.2, 0.25) is 0 Å². The van der Waals surface area contributed by atoms with E-state index < -0.39 is 24.5 Å². The average Bonchev–Trinajstić information content (AvgIpc) is 2.83. The molecule has 3 amide bonds. The number of para-hydroxylation sites is 1. The van der Waals surface area contributed by atoms with Crippen LogP contribution in [0.4, 0.5) is 10.5 Å². The number of urea groups is 1. The fraction of sp³-hybridized carbons (Fsp3) is 0.130. The van der Waals surface area contributed by atoms with Crippen LogP contribution in [-0.4, -0.2) is 42.7 Å². The maximum atomic E-state index is 12.4. The van der Waals surface area contributed by atoms with E-state index in [9.17, 15) is 14.4 Å². The second-order valence-corrected chi connectivity index (χ2v) is 6.72. The number of carbonyl (C=O) groups excluding carboxylic acids is 3. The molecule has 168 valence electrons. The monoisotopic (exact) mass is 449 g/mol. The first-order chi connectivity index (χ1) is 16.1. The molecule has 0 bridgehead atoms. The summed E-state index contributed by atoms with van der Waals surface area (Å²) in [5.74, 6) is 0.161. The Hall–Kier alpha value is -4.60. The summed E-state index contributed by atoms with van der Waals surface area (Å²) < 4.78 is 21.5. The number of fused-ring (bicyclic) bond motifs is 1. The van der Waals surface area contributed by atoms with Crippen LogP contribution in [0.5, 0.6) is 23.0 Å². The summed E-state index contributed by atoms with van der Waals surface area (Å²) in [6, 6.07) is 13.8. The van der Waals surface area contributed by atoms with Crippen molar-refractivity contribution < 1.29 is 33.3 Å². The highest BCUT2D eigenvalue weighted by Crippen LogP contribution is 2.32. The largest absolute Gasteiger partial charge is 0.486 e. The lowest BCUT2D eigenvalue weighted by Crippen LogP contribution is -2.37. The van der Waals surface area contributed by atoms with Crippen molar-refractivity contribution in [3.05, 3.63) is 72.6 Å². The van der Waals surface area contributed by atoms with Gasteiger partial charge in [0.05, 0.1) is 6.20 Å². The molecule has 4 rings (SSSR count). The topological polar surface area (TPSA) is 125 Å². The second kappa shape index (κ2) is 10.1. The van der Waals surface area contributed by atoms with Crippen LogP contribution in [0.2, 0.25) is 0 Å². The minimum atomic E-state index is -0.802. The lowest BCUT2D eigenvalue weighted by atomic mass is 10.2. The Morgan fingerprint density at radius 2 is 1.79 bits per heavy atom. The third-order valence-electron chi connectivity index (χ3n) is 4.36. The summed E-state index contributed by atoms with van der Waals surface area (Å²) in [6.45, 7) is 0.199. The van der Waals surface area contributed by atoms with Crippen molar-refractivity contribution >= 4 is 23.6 Å². The lowest BCUT2D eigenvalue weighted by Gasteiger charge is -2.19. The molecule has 10 heteroatoms. The van der Waals surface area contributed by atoms with Gasteiger partial charge in [-0.05, 0) is 36.4 Å². The molecule has 2 aromatic carbocycles. The number of nitrogens with one attached hydrogen (secondary N) is 2. The molecule has 1 aliphatic rings. The van der Waals surface area contributed by atoms with Crippen molar-refractivity contribution in [2.75, 3.05) is 25.1 Å². The predicted molar refractivity (Wildman–Crippen MR) is 116 cm³/mol. The standard InChI is InChI=1S/C23H19N3O7/c27-21(26-23(29)25-15-7-8-19-20(12-15)31-11-10-30-19)14-32-22(28)17-5-1-2-6-18(17)33-16-4-3-9-24-13-16/h1-9,12-13H,10-11,14H2,(H2,25,26,27,29). The minimum absolute atomic E-state index is 0.120. The highest BCUT2D eigenvalue weighted by atomic mass is 16.6. The number of rotatable bonds is 6. The van der Waals surface area contributed by atoms with E-state index in [1.165, 1.54) is 12.3 Å². The molecule has 2 heterocycles. The first-order valence-corrected chi connectivity index (χ1v) is 9.93. The lowest BCUT2D eigenvalue weighted by molar-refractivity contribution is -0.123. The molecule has 0 saturated heterocycles. The van der Waals surface area contributed by atoms with Crippen LogP contribution in [0.25, 0.3) is 0 Å². The van der Waals surface area contributed by atoms with Crippen LogP contribution in [0.15, 0.2) is 67.0 Å². The zero-order chi connectivity index (χ0) is 23.0. The number of carbonyl (C=O) groups is 3. The van der Waals surface area contributed by atoms with E-state index in [1.807, 2.05) is 0 Å². The Morgan fingerprint density at radius 3 is 2.61 bits per heavy atom. The Kier molecular flexibility index (Phi) is 6.64. The molecule has 0 spiro atoms. The van der Waals surface area contributed by atoms with E-state index >= 15 is 0 Å². The van der Waals surface area contributed by atoms with Gasteiger partial charge >= 0.3 is 12.0 Å². The number of anilines is 1. The van der Waals surface area contributed by atoms with E-state index in [1.54, 1.807) is 54.7 Å². The number of benzene rings is 2. The molecule has 2 N–H and O–H groups in total. The summed E-state index contributed by atoms with van der Waals surface area (Å²) in [4.78, 5) is 40.5. The molecule has 0 atom stereocenters. The fourth-order valence-corrected chi connectivity index (χ4v) is 2.91. The number of hydrogen-bond acceptors (Lipinski definition) is 8. The number of aromatic nitrogens is 1. The highest BCUT2D eigenvalue weighted by molar-refractivity contribution is 6.02. The third kappa shape index (κ3) is 5.76. The molecule has 1 aromatic heterocycles. The third-order valence-corrected chi connectivity index (χ3v) is 4.36. The first kappa shape index (κ1) is 21.6. The molecule has 0 fully saturated rings. The highest BCUT2D eigenvalue weighted by Gasteiger charge is 2.18. The SMILES string of the molecule is O=C(COC(=O)c1ccccc1Oc1cccnc1)NC(=O)Nc1ccc2c(c1)OCCO2. The fourth-order valence-electron chi connectivity index (χ4n) is 2.91. The number of pyridine rings is 1. The van der Waals surface area contributed by atoms with E-state index in [-0.39, 0.29) is 11.3 Å². The van der Waals surface area contributed by atoms with Gasteiger partial charge in [-0.3, -0.25) is 15.1 Å². The van der Waals surface area contributed by atoms with Gasteiger partial charge in [0, 0.05) is 18.0 Å². The van der Waals surface area contributed by atoms with Gasteiger partial charge in [0.15, 0.2) is 18.1 Å². The number of ether oxygens (including phenoxy) is 4. The number of nitrogens with zero attached hydrogens (tertiary/aromatic N) is 1. The zero-order valence-electron chi connectivity index (χ0n) is 17.3.